The Kier molecular flexibility index (Phi) is 7.16. The van der Waals surface area contributed by atoms with E-state index in [0.717, 1.165) is 18.4 Å². The van der Waals surface area contributed by atoms with Gasteiger partial charge in [-0.15, -0.1) is 0 Å². The third-order valence-corrected chi connectivity index (χ3v) is 3.01. The van der Waals surface area contributed by atoms with Gasteiger partial charge >= 0.3 is 0 Å². The van der Waals surface area contributed by atoms with Crippen molar-refractivity contribution in [1.29, 1.82) is 0 Å². The predicted octanol–water partition coefficient (Wildman–Crippen LogP) is 3.47. The second-order valence-electron chi connectivity index (χ2n) is 3.72. The Labute approximate surface area is 85.0 Å². The van der Waals surface area contributed by atoms with Gasteiger partial charge in [0.2, 0.25) is 0 Å². The molecule has 2 unspecified atom stereocenters. The molecule has 0 aromatic carbocycles. The first kappa shape index (κ1) is 12.4. The largest absolute Gasteiger partial charge is 0.385 e. The lowest BCUT2D eigenvalue weighted by Gasteiger charge is -2.23. The number of alkyl halides is 1. The third kappa shape index (κ3) is 5.15. The Morgan fingerprint density at radius 3 is 2.17 bits per heavy atom. The summed E-state index contributed by atoms with van der Waals surface area (Å²) in [5, 5.41) is 0. The average molecular weight is 237 g/mol. The summed E-state index contributed by atoms with van der Waals surface area (Å²) in [6, 6.07) is 0. The lowest BCUT2D eigenvalue weighted by molar-refractivity contribution is 0.182. The summed E-state index contributed by atoms with van der Waals surface area (Å²) in [5.41, 5.74) is 0. The molecule has 0 aromatic heterocycles. The van der Waals surface area contributed by atoms with Crippen LogP contribution in [0.3, 0.4) is 0 Å². The molecule has 0 rings (SSSR count). The molecule has 2 heteroatoms. The molecule has 0 saturated carbocycles. The zero-order valence-corrected chi connectivity index (χ0v) is 10.2. The first-order chi connectivity index (χ1) is 5.59. The normalized spacial score (nSPS) is 16.5. The molecule has 0 aliphatic heterocycles. The molecule has 0 heterocycles. The molecule has 2 atom stereocenters. The Bertz CT molecular complexity index is 94.0. The molecule has 0 fully saturated rings. The lowest BCUT2D eigenvalue weighted by Crippen LogP contribution is -2.18. The minimum Gasteiger partial charge on any atom is -0.385 e. The van der Waals surface area contributed by atoms with E-state index in [2.05, 4.69) is 36.7 Å². The highest BCUT2D eigenvalue weighted by atomic mass is 79.9. The second kappa shape index (κ2) is 6.90. The smallest absolute Gasteiger partial charge is 0.0462 e. The highest BCUT2D eigenvalue weighted by molar-refractivity contribution is 9.09. The summed E-state index contributed by atoms with van der Waals surface area (Å²) in [7, 11) is 1.77. The summed E-state index contributed by atoms with van der Waals surface area (Å²) in [6.45, 7) is 7.70. The van der Waals surface area contributed by atoms with Gasteiger partial charge in [-0.25, -0.2) is 0 Å². The number of hydrogen-bond acceptors (Lipinski definition) is 1. The van der Waals surface area contributed by atoms with E-state index in [0.29, 0.717) is 4.83 Å². The van der Waals surface area contributed by atoms with Crippen LogP contribution in [-0.2, 0) is 4.74 Å². The molecule has 0 aliphatic carbocycles. The molecule has 1 nitrogen and oxygen atoms in total. The molecule has 0 aliphatic rings. The van der Waals surface area contributed by atoms with E-state index < -0.39 is 0 Å². The molecule has 0 radical (unpaired) electrons. The minimum atomic E-state index is 0.620. The van der Waals surface area contributed by atoms with Crippen LogP contribution in [0.1, 0.15) is 33.6 Å². The zero-order chi connectivity index (χ0) is 9.56. The van der Waals surface area contributed by atoms with Crippen LogP contribution in [0.25, 0.3) is 0 Å². The summed E-state index contributed by atoms with van der Waals surface area (Å²) in [6.07, 6.45) is 2.44. The molecular weight excluding hydrogens is 216 g/mol. The van der Waals surface area contributed by atoms with E-state index in [1.165, 1.54) is 12.8 Å². The van der Waals surface area contributed by atoms with Crippen molar-refractivity contribution in [3.63, 3.8) is 0 Å². The molecule has 0 bridgehead atoms. The second-order valence-corrected chi connectivity index (χ2v) is 5.16. The first-order valence-electron chi connectivity index (χ1n) is 4.72. The van der Waals surface area contributed by atoms with Crippen LogP contribution in [-0.4, -0.2) is 18.5 Å². The molecule has 0 amide bonds. The monoisotopic (exact) mass is 236 g/mol. The molecule has 74 valence electrons. The van der Waals surface area contributed by atoms with Gasteiger partial charge in [-0.3, -0.25) is 0 Å². The first-order valence-corrected chi connectivity index (χ1v) is 5.64. The standard InChI is InChI=1S/C10H21BrO/c1-8(2)10(9(3)11)6-5-7-12-4/h8-10H,5-7H2,1-4H3. The van der Waals surface area contributed by atoms with E-state index in [4.69, 9.17) is 4.74 Å². The van der Waals surface area contributed by atoms with Crippen molar-refractivity contribution in [3.05, 3.63) is 0 Å². The van der Waals surface area contributed by atoms with Gasteiger partial charge in [0.1, 0.15) is 0 Å². The highest BCUT2D eigenvalue weighted by Gasteiger charge is 2.17. The predicted molar refractivity (Wildman–Crippen MR) is 57.8 cm³/mol. The molecule has 0 aromatic rings. The summed E-state index contributed by atoms with van der Waals surface area (Å²) in [4.78, 5) is 0.620. The van der Waals surface area contributed by atoms with Gasteiger partial charge in [0.15, 0.2) is 0 Å². The van der Waals surface area contributed by atoms with Gasteiger partial charge in [0, 0.05) is 18.5 Å². The van der Waals surface area contributed by atoms with E-state index in [1.54, 1.807) is 7.11 Å². The number of rotatable bonds is 6. The summed E-state index contributed by atoms with van der Waals surface area (Å²) < 4.78 is 5.04. The number of methoxy groups -OCH3 is 1. The van der Waals surface area contributed by atoms with Crippen LogP contribution in [0.15, 0.2) is 0 Å². The van der Waals surface area contributed by atoms with E-state index >= 15 is 0 Å². The van der Waals surface area contributed by atoms with Crippen LogP contribution < -0.4 is 0 Å². The molecule has 0 spiro atoms. The molecule has 0 N–H and O–H groups in total. The highest BCUT2D eigenvalue weighted by Crippen LogP contribution is 2.25. The summed E-state index contributed by atoms with van der Waals surface area (Å²) >= 11 is 3.65. The Morgan fingerprint density at radius 2 is 1.83 bits per heavy atom. The minimum absolute atomic E-state index is 0.620. The number of ether oxygens (including phenoxy) is 1. The van der Waals surface area contributed by atoms with Crippen molar-refractivity contribution in [3.8, 4) is 0 Å². The van der Waals surface area contributed by atoms with Gasteiger partial charge in [-0.05, 0) is 24.7 Å². The average Bonchev–Trinajstić information content (AvgIpc) is 1.96. The van der Waals surface area contributed by atoms with Gasteiger partial charge in [-0.2, -0.15) is 0 Å². The Hall–Kier alpha value is 0.440. The fourth-order valence-electron chi connectivity index (χ4n) is 1.56. The van der Waals surface area contributed by atoms with E-state index in [9.17, 15) is 0 Å². The Balaban J connectivity index is 3.64. The SMILES string of the molecule is COCCCC(C(C)C)C(C)Br. The third-order valence-electron chi connectivity index (χ3n) is 2.33. The van der Waals surface area contributed by atoms with E-state index in [-0.39, 0.29) is 0 Å². The van der Waals surface area contributed by atoms with Gasteiger partial charge in [0.25, 0.3) is 0 Å². The number of halogens is 1. The van der Waals surface area contributed by atoms with Crippen molar-refractivity contribution in [2.75, 3.05) is 13.7 Å². The van der Waals surface area contributed by atoms with Crippen molar-refractivity contribution < 1.29 is 4.74 Å². The van der Waals surface area contributed by atoms with Crippen molar-refractivity contribution in [2.24, 2.45) is 11.8 Å². The van der Waals surface area contributed by atoms with Crippen LogP contribution in [0.2, 0.25) is 0 Å². The van der Waals surface area contributed by atoms with Crippen LogP contribution in [0.4, 0.5) is 0 Å². The van der Waals surface area contributed by atoms with Crippen LogP contribution in [0.5, 0.6) is 0 Å². The molecular formula is C10H21BrO. The number of hydrogen-bond donors (Lipinski definition) is 0. The van der Waals surface area contributed by atoms with Gasteiger partial charge < -0.3 is 4.74 Å². The zero-order valence-electron chi connectivity index (χ0n) is 8.64. The molecule has 12 heavy (non-hydrogen) atoms. The van der Waals surface area contributed by atoms with Crippen molar-refractivity contribution in [1.82, 2.24) is 0 Å². The lowest BCUT2D eigenvalue weighted by atomic mass is 9.89. The topological polar surface area (TPSA) is 9.23 Å². The Morgan fingerprint density at radius 1 is 1.25 bits per heavy atom. The fourth-order valence-corrected chi connectivity index (χ4v) is 2.43. The summed E-state index contributed by atoms with van der Waals surface area (Å²) in [5.74, 6) is 1.54. The van der Waals surface area contributed by atoms with Crippen LogP contribution >= 0.6 is 15.9 Å². The fraction of sp³-hybridized carbons (Fsp3) is 1.00. The van der Waals surface area contributed by atoms with Gasteiger partial charge in [-0.1, -0.05) is 36.7 Å². The molecule has 0 saturated heterocycles. The quantitative estimate of drug-likeness (QED) is 0.507. The maximum absolute atomic E-state index is 5.04. The van der Waals surface area contributed by atoms with Gasteiger partial charge in [0.05, 0.1) is 0 Å². The maximum Gasteiger partial charge on any atom is 0.0462 e. The van der Waals surface area contributed by atoms with Crippen molar-refractivity contribution >= 4 is 15.9 Å². The van der Waals surface area contributed by atoms with Crippen LogP contribution in [0, 0.1) is 11.8 Å². The van der Waals surface area contributed by atoms with Crippen molar-refractivity contribution in [2.45, 2.75) is 38.4 Å². The maximum atomic E-state index is 5.04. The van der Waals surface area contributed by atoms with E-state index in [1.807, 2.05) is 0 Å².